The number of aryl methyl sites for hydroxylation is 2. The highest BCUT2D eigenvalue weighted by Crippen LogP contribution is 2.39. The summed E-state index contributed by atoms with van der Waals surface area (Å²) in [6.45, 7) is 4.04. The summed E-state index contributed by atoms with van der Waals surface area (Å²) in [6, 6.07) is 7.61. The van der Waals surface area contributed by atoms with E-state index in [1.54, 1.807) is 31.3 Å². The Morgan fingerprint density at radius 3 is 2.64 bits per heavy atom. The first-order valence-electron chi connectivity index (χ1n) is 8.91. The molecule has 1 aliphatic heterocycles. The van der Waals surface area contributed by atoms with Crippen LogP contribution in [0.15, 0.2) is 45.9 Å². The van der Waals surface area contributed by atoms with Crippen LogP contribution in [-0.2, 0) is 10.0 Å². The molecule has 0 N–H and O–H groups in total. The van der Waals surface area contributed by atoms with Crippen LogP contribution in [0.25, 0.3) is 11.3 Å². The summed E-state index contributed by atoms with van der Waals surface area (Å²) in [5.41, 5.74) is 2.03. The minimum absolute atomic E-state index is 0.214. The number of hydrogen-bond acceptors (Lipinski definition) is 6. The van der Waals surface area contributed by atoms with Gasteiger partial charge in [-0.25, -0.2) is 18.4 Å². The molecule has 1 aliphatic rings. The van der Waals surface area contributed by atoms with E-state index >= 15 is 0 Å². The fourth-order valence-corrected chi connectivity index (χ4v) is 5.25. The second kappa shape index (κ2) is 7.27. The Hall–Kier alpha value is -2.29. The largest absolute Gasteiger partial charge is 0.356 e. The molecule has 7 nitrogen and oxygen atoms in total. The van der Waals surface area contributed by atoms with Crippen LogP contribution in [0, 0.1) is 13.8 Å². The van der Waals surface area contributed by atoms with Gasteiger partial charge in [0.15, 0.2) is 5.76 Å². The summed E-state index contributed by atoms with van der Waals surface area (Å²) < 4.78 is 33.4. The average molecular weight is 419 g/mol. The topological polar surface area (TPSA) is 89.2 Å². The highest BCUT2D eigenvalue weighted by atomic mass is 35.5. The highest BCUT2D eigenvalue weighted by molar-refractivity contribution is 7.89. The molecule has 2 aromatic heterocycles. The minimum Gasteiger partial charge on any atom is -0.356 e. The van der Waals surface area contributed by atoms with Gasteiger partial charge in [-0.3, -0.25) is 0 Å². The predicted molar refractivity (Wildman–Crippen MR) is 104 cm³/mol. The van der Waals surface area contributed by atoms with Crippen LogP contribution in [-0.4, -0.2) is 34.4 Å². The molecule has 0 amide bonds. The maximum absolute atomic E-state index is 13.3. The number of nitrogens with zero attached hydrogens (tertiary/aromatic N) is 4. The fraction of sp³-hybridized carbons (Fsp3) is 0.316. The van der Waals surface area contributed by atoms with Crippen molar-refractivity contribution in [2.45, 2.75) is 37.6 Å². The van der Waals surface area contributed by atoms with Gasteiger partial charge in [0.05, 0.1) is 27.9 Å². The van der Waals surface area contributed by atoms with Crippen molar-refractivity contribution in [2.75, 3.05) is 6.54 Å². The van der Waals surface area contributed by atoms with Crippen LogP contribution in [0.3, 0.4) is 0 Å². The van der Waals surface area contributed by atoms with Gasteiger partial charge >= 0.3 is 0 Å². The van der Waals surface area contributed by atoms with E-state index in [1.165, 1.54) is 16.4 Å². The molecule has 146 valence electrons. The van der Waals surface area contributed by atoms with Crippen LogP contribution in [0.4, 0.5) is 0 Å². The van der Waals surface area contributed by atoms with E-state index in [1.807, 2.05) is 6.92 Å². The van der Waals surface area contributed by atoms with Crippen molar-refractivity contribution in [1.29, 1.82) is 0 Å². The van der Waals surface area contributed by atoms with E-state index in [2.05, 4.69) is 15.1 Å². The van der Waals surface area contributed by atoms with Gasteiger partial charge in [0.1, 0.15) is 5.82 Å². The number of benzene rings is 1. The van der Waals surface area contributed by atoms with Crippen LogP contribution < -0.4 is 0 Å². The van der Waals surface area contributed by atoms with Crippen molar-refractivity contribution in [2.24, 2.45) is 0 Å². The van der Waals surface area contributed by atoms with Gasteiger partial charge in [-0.2, -0.15) is 4.31 Å². The zero-order valence-electron chi connectivity index (χ0n) is 15.5. The molecule has 28 heavy (non-hydrogen) atoms. The van der Waals surface area contributed by atoms with Gasteiger partial charge in [0, 0.05) is 23.8 Å². The second-order valence-corrected chi connectivity index (χ2v) is 9.10. The zero-order valence-corrected chi connectivity index (χ0v) is 17.0. The lowest BCUT2D eigenvalue weighted by atomic mass is 10.0. The van der Waals surface area contributed by atoms with Crippen molar-refractivity contribution in [3.8, 4) is 11.3 Å². The van der Waals surface area contributed by atoms with Crippen LogP contribution in [0.2, 0.25) is 5.02 Å². The first-order chi connectivity index (χ1) is 13.4. The Balaban J connectivity index is 1.79. The Bertz CT molecular complexity index is 1110. The molecule has 1 unspecified atom stereocenters. The molecule has 3 heterocycles. The van der Waals surface area contributed by atoms with Crippen molar-refractivity contribution in [1.82, 2.24) is 19.4 Å². The van der Waals surface area contributed by atoms with E-state index in [9.17, 15) is 8.42 Å². The van der Waals surface area contributed by atoms with E-state index in [0.29, 0.717) is 40.8 Å². The fourth-order valence-electron chi connectivity index (χ4n) is 3.46. The van der Waals surface area contributed by atoms with Crippen molar-refractivity contribution >= 4 is 21.6 Å². The van der Waals surface area contributed by atoms with Crippen molar-refractivity contribution in [3.05, 3.63) is 58.8 Å². The molecular weight excluding hydrogens is 400 g/mol. The number of aromatic nitrogens is 3. The lowest BCUT2D eigenvalue weighted by Gasteiger charge is -2.25. The minimum atomic E-state index is -3.69. The summed E-state index contributed by atoms with van der Waals surface area (Å²) >= 11 is 5.91. The lowest BCUT2D eigenvalue weighted by molar-refractivity contribution is 0.387. The molecule has 4 rings (SSSR count). The highest BCUT2D eigenvalue weighted by Gasteiger charge is 2.38. The molecule has 9 heteroatoms. The number of sulfonamides is 1. The van der Waals surface area contributed by atoms with Crippen molar-refractivity contribution in [3.63, 3.8) is 0 Å². The summed E-state index contributed by atoms with van der Waals surface area (Å²) in [4.78, 5) is 9.07. The quantitative estimate of drug-likeness (QED) is 0.637. The average Bonchev–Trinajstić information content (AvgIpc) is 3.31. The first kappa shape index (κ1) is 19.0. The second-order valence-electron chi connectivity index (χ2n) is 6.78. The molecule has 3 aromatic rings. The van der Waals surface area contributed by atoms with Gasteiger partial charge in [-0.15, -0.1) is 0 Å². The molecule has 1 aromatic carbocycles. The smallest absolute Gasteiger partial charge is 0.243 e. The van der Waals surface area contributed by atoms with Gasteiger partial charge in [0.25, 0.3) is 0 Å². The van der Waals surface area contributed by atoms with E-state index in [0.717, 1.165) is 12.1 Å². The number of halogens is 1. The first-order valence-corrected chi connectivity index (χ1v) is 10.7. The molecule has 1 atom stereocenters. The normalized spacial score (nSPS) is 17.9. The Kier molecular flexibility index (Phi) is 4.95. The molecule has 1 fully saturated rings. The van der Waals surface area contributed by atoms with Crippen LogP contribution in [0.5, 0.6) is 0 Å². The van der Waals surface area contributed by atoms with E-state index in [4.69, 9.17) is 16.1 Å². The predicted octanol–water partition coefficient (Wildman–Crippen LogP) is 3.93. The summed E-state index contributed by atoms with van der Waals surface area (Å²) in [7, 11) is -3.69. The van der Waals surface area contributed by atoms with Crippen LogP contribution >= 0.6 is 11.6 Å². The number of hydrogen-bond donors (Lipinski definition) is 0. The number of rotatable bonds is 4. The summed E-state index contributed by atoms with van der Waals surface area (Å²) in [5, 5.41) is 4.42. The zero-order chi connectivity index (χ0) is 19.9. The molecule has 0 spiro atoms. The lowest BCUT2D eigenvalue weighted by Crippen LogP contribution is -2.31. The third-order valence-corrected chi connectivity index (χ3v) is 6.95. The van der Waals surface area contributed by atoms with Crippen molar-refractivity contribution < 1.29 is 12.9 Å². The third-order valence-electron chi connectivity index (χ3n) is 4.77. The van der Waals surface area contributed by atoms with Gasteiger partial charge < -0.3 is 4.52 Å². The van der Waals surface area contributed by atoms with Gasteiger partial charge in [-0.05, 0) is 51.0 Å². The Morgan fingerprint density at radius 1 is 1.21 bits per heavy atom. The van der Waals surface area contributed by atoms with E-state index < -0.39 is 16.1 Å². The molecule has 1 saturated heterocycles. The van der Waals surface area contributed by atoms with Gasteiger partial charge in [-0.1, -0.05) is 16.8 Å². The molecule has 0 bridgehead atoms. The monoisotopic (exact) mass is 418 g/mol. The SMILES string of the molecule is Cc1cc(-c2cnc(C)nc2C2CCCN2S(=O)(=O)c2ccc(Cl)cc2)on1. The molecule has 0 radical (unpaired) electrons. The molecular formula is C19H19ClN4O3S. The maximum Gasteiger partial charge on any atom is 0.243 e. The van der Waals surface area contributed by atoms with E-state index in [-0.39, 0.29) is 4.90 Å². The standard InChI is InChI=1S/C19H19ClN4O3S/c1-12-10-18(27-23-12)16-11-21-13(2)22-19(16)17-4-3-9-24(17)28(25,26)15-7-5-14(20)6-8-15/h5-8,10-11,17H,3-4,9H2,1-2H3. The Morgan fingerprint density at radius 2 is 1.96 bits per heavy atom. The summed E-state index contributed by atoms with van der Waals surface area (Å²) in [6.07, 6.45) is 3.09. The summed E-state index contributed by atoms with van der Waals surface area (Å²) in [5.74, 6) is 1.11. The van der Waals surface area contributed by atoms with Crippen LogP contribution in [0.1, 0.15) is 36.1 Å². The third kappa shape index (κ3) is 3.43. The maximum atomic E-state index is 13.3. The Labute approximate surface area is 168 Å². The molecule has 0 saturated carbocycles. The van der Waals surface area contributed by atoms with Gasteiger partial charge in [0.2, 0.25) is 10.0 Å². The molecule has 0 aliphatic carbocycles.